The summed E-state index contributed by atoms with van der Waals surface area (Å²) in [6.07, 6.45) is 6.20. The molecule has 3 heterocycles. The molecule has 32 heavy (non-hydrogen) atoms. The van der Waals surface area contributed by atoms with Gasteiger partial charge in [0.05, 0.1) is 17.0 Å². The maximum Gasteiger partial charge on any atom is 0.280 e. The van der Waals surface area contributed by atoms with Crippen LogP contribution in [0.25, 0.3) is 11.3 Å². The fourth-order valence-electron chi connectivity index (χ4n) is 5.12. The van der Waals surface area contributed by atoms with Gasteiger partial charge >= 0.3 is 0 Å². The fourth-order valence-corrected chi connectivity index (χ4v) is 5.12. The second-order valence-electron chi connectivity index (χ2n) is 8.81. The van der Waals surface area contributed by atoms with Gasteiger partial charge in [0, 0.05) is 30.9 Å². The Morgan fingerprint density at radius 1 is 0.938 bits per heavy atom. The number of hydrogen-bond acceptors (Lipinski definition) is 5. The minimum absolute atomic E-state index is 0.0713. The number of likely N-dealkylation sites (tertiary alicyclic amines) is 1. The molecule has 2 saturated heterocycles. The van der Waals surface area contributed by atoms with Crippen molar-refractivity contribution < 1.29 is 9.34 Å². The number of nitro groups is 1. The first-order chi connectivity index (χ1) is 15.7. The molecule has 6 heteroatoms. The van der Waals surface area contributed by atoms with Crippen LogP contribution >= 0.6 is 0 Å². The van der Waals surface area contributed by atoms with E-state index in [1.54, 1.807) is 18.2 Å². The van der Waals surface area contributed by atoms with Gasteiger partial charge in [-0.2, -0.15) is 0 Å². The van der Waals surface area contributed by atoms with Crippen LogP contribution in [-0.4, -0.2) is 29.5 Å². The first-order valence-corrected chi connectivity index (χ1v) is 11.6. The monoisotopic (exact) mass is 431 g/mol. The minimum Gasteiger partial charge on any atom is -0.459 e. The quantitative estimate of drug-likeness (QED) is 0.344. The molecule has 2 aromatic carbocycles. The number of nitro benzene ring substituents is 1. The van der Waals surface area contributed by atoms with E-state index in [4.69, 9.17) is 4.42 Å². The summed E-state index contributed by atoms with van der Waals surface area (Å²) in [5.74, 6) is 1.40. The van der Waals surface area contributed by atoms with Crippen LogP contribution in [0, 0.1) is 10.1 Å². The summed E-state index contributed by atoms with van der Waals surface area (Å²) in [6, 6.07) is 20.0. The average Bonchev–Trinajstić information content (AvgIpc) is 3.50. The number of anilines is 1. The third-order valence-electron chi connectivity index (χ3n) is 6.73. The van der Waals surface area contributed by atoms with E-state index in [0.29, 0.717) is 23.9 Å². The zero-order valence-corrected chi connectivity index (χ0v) is 18.3. The highest BCUT2D eigenvalue weighted by Crippen LogP contribution is 2.36. The van der Waals surface area contributed by atoms with Crippen molar-refractivity contribution >= 4 is 11.4 Å². The normalized spacial score (nSPS) is 19.4. The van der Waals surface area contributed by atoms with Crippen molar-refractivity contribution in [3.8, 4) is 11.3 Å². The maximum atomic E-state index is 11.4. The van der Waals surface area contributed by atoms with Crippen LogP contribution in [0.2, 0.25) is 0 Å². The zero-order valence-electron chi connectivity index (χ0n) is 18.3. The van der Waals surface area contributed by atoms with Gasteiger partial charge in [-0.15, -0.1) is 0 Å². The summed E-state index contributed by atoms with van der Waals surface area (Å²) >= 11 is 0. The number of rotatable bonds is 6. The second kappa shape index (κ2) is 9.17. The van der Waals surface area contributed by atoms with E-state index < -0.39 is 0 Å². The van der Waals surface area contributed by atoms with E-state index in [-0.39, 0.29) is 10.6 Å². The van der Waals surface area contributed by atoms with Gasteiger partial charge in [-0.3, -0.25) is 15.0 Å². The summed E-state index contributed by atoms with van der Waals surface area (Å²) in [5, 5.41) is 11.4. The molecule has 0 saturated carbocycles. The van der Waals surface area contributed by atoms with Crippen LogP contribution in [0.1, 0.15) is 49.5 Å². The Morgan fingerprint density at radius 3 is 2.62 bits per heavy atom. The van der Waals surface area contributed by atoms with E-state index in [1.807, 2.05) is 12.1 Å². The predicted octanol–water partition coefficient (Wildman–Crippen LogP) is 6.18. The molecule has 1 atom stereocenters. The lowest BCUT2D eigenvalue weighted by Gasteiger charge is -2.30. The van der Waals surface area contributed by atoms with E-state index in [1.165, 1.54) is 36.6 Å². The third kappa shape index (κ3) is 4.28. The number of piperidine rings is 1. The fraction of sp³-hybridized carbons (Fsp3) is 0.385. The first-order valence-electron chi connectivity index (χ1n) is 11.6. The molecule has 0 amide bonds. The number of hydrogen-bond donors (Lipinski definition) is 0. The van der Waals surface area contributed by atoms with Crippen LogP contribution in [0.15, 0.2) is 65.1 Å². The number of furan rings is 1. The number of nitrogens with zero attached hydrogens (tertiary/aromatic N) is 3. The molecule has 0 spiro atoms. The molecule has 0 bridgehead atoms. The van der Waals surface area contributed by atoms with Crippen molar-refractivity contribution in [2.24, 2.45) is 0 Å². The van der Waals surface area contributed by atoms with E-state index in [2.05, 4.69) is 34.1 Å². The minimum atomic E-state index is -0.358. The molecular weight excluding hydrogens is 402 g/mol. The van der Waals surface area contributed by atoms with Crippen LogP contribution in [0.4, 0.5) is 11.4 Å². The maximum absolute atomic E-state index is 11.4. The summed E-state index contributed by atoms with van der Waals surface area (Å²) in [4.78, 5) is 16.0. The zero-order chi connectivity index (χ0) is 21.9. The lowest BCUT2D eigenvalue weighted by atomic mass is 10.0. The summed E-state index contributed by atoms with van der Waals surface area (Å²) < 4.78 is 6.07. The van der Waals surface area contributed by atoms with Crippen molar-refractivity contribution in [2.75, 3.05) is 24.5 Å². The molecule has 3 aromatic rings. The topological polar surface area (TPSA) is 62.8 Å². The van der Waals surface area contributed by atoms with Crippen molar-refractivity contribution in [1.29, 1.82) is 0 Å². The smallest absolute Gasteiger partial charge is 0.280 e. The molecule has 2 fully saturated rings. The predicted molar refractivity (Wildman–Crippen MR) is 126 cm³/mol. The summed E-state index contributed by atoms with van der Waals surface area (Å²) in [7, 11) is 0. The summed E-state index contributed by atoms with van der Waals surface area (Å²) in [5.41, 5.74) is 3.31. The highest BCUT2D eigenvalue weighted by atomic mass is 16.6. The highest BCUT2D eigenvalue weighted by molar-refractivity contribution is 5.69. The van der Waals surface area contributed by atoms with Gasteiger partial charge < -0.3 is 9.32 Å². The van der Waals surface area contributed by atoms with Gasteiger partial charge in [0.1, 0.15) is 11.5 Å². The first kappa shape index (κ1) is 20.8. The summed E-state index contributed by atoms with van der Waals surface area (Å²) in [6.45, 7) is 4.04. The Morgan fingerprint density at radius 2 is 1.78 bits per heavy atom. The number of para-hydroxylation sites is 1. The van der Waals surface area contributed by atoms with Crippen LogP contribution in [0.5, 0.6) is 0 Å². The third-order valence-corrected chi connectivity index (χ3v) is 6.73. The molecule has 2 aliphatic rings. The Labute approximate surface area is 188 Å². The van der Waals surface area contributed by atoms with E-state index in [0.717, 1.165) is 38.2 Å². The SMILES string of the molecule is O=[N+]([O-])c1ccccc1-c1ccc(CN2CCCC2c2cccc(N3CCCCC3)c2)o1. The van der Waals surface area contributed by atoms with Crippen LogP contribution < -0.4 is 4.90 Å². The van der Waals surface area contributed by atoms with Crippen molar-refractivity contribution in [3.63, 3.8) is 0 Å². The van der Waals surface area contributed by atoms with Gasteiger partial charge in [-0.25, -0.2) is 0 Å². The van der Waals surface area contributed by atoms with E-state index in [9.17, 15) is 10.1 Å². The lowest BCUT2D eigenvalue weighted by Crippen LogP contribution is -2.29. The average molecular weight is 432 g/mol. The van der Waals surface area contributed by atoms with Crippen molar-refractivity contribution in [2.45, 2.75) is 44.7 Å². The van der Waals surface area contributed by atoms with Gasteiger partial charge in [-0.1, -0.05) is 24.3 Å². The van der Waals surface area contributed by atoms with Crippen molar-refractivity contribution in [3.05, 3.63) is 82.1 Å². The molecule has 1 unspecified atom stereocenters. The lowest BCUT2D eigenvalue weighted by molar-refractivity contribution is -0.384. The van der Waals surface area contributed by atoms with Gasteiger partial charge in [0.15, 0.2) is 0 Å². The molecule has 2 aliphatic heterocycles. The van der Waals surface area contributed by atoms with Gasteiger partial charge in [0.2, 0.25) is 0 Å². The van der Waals surface area contributed by atoms with Crippen molar-refractivity contribution in [1.82, 2.24) is 4.90 Å². The Balaban J connectivity index is 1.33. The molecule has 0 radical (unpaired) electrons. The largest absolute Gasteiger partial charge is 0.459 e. The molecule has 6 nitrogen and oxygen atoms in total. The van der Waals surface area contributed by atoms with E-state index >= 15 is 0 Å². The molecule has 5 rings (SSSR count). The Hall–Kier alpha value is -3.12. The highest BCUT2D eigenvalue weighted by Gasteiger charge is 2.28. The number of benzene rings is 2. The van der Waals surface area contributed by atoms with Crippen LogP contribution in [-0.2, 0) is 6.54 Å². The second-order valence-corrected chi connectivity index (χ2v) is 8.81. The molecule has 0 N–H and O–H groups in total. The van der Waals surface area contributed by atoms with Gasteiger partial charge in [-0.05, 0) is 74.5 Å². The Bertz CT molecular complexity index is 1090. The molecule has 166 valence electrons. The molecule has 0 aliphatic carbocycles. The Kier molecular flexibility index (Phi) is 5.95. The standard InChI is InChI=1S/C26H29N3O3/c30-29(31)25-11-3-2-10-23(25)26-14-13-22(32-26)19-28-17-7-12-24(28)20-8-6-9-21(18-20)27-15-4-1-5-16-27/h2-3,6,8-11,13-14,18,24H,1,4-5,7,12,15-17,19H2. The molecular formula is C26H29N3O3. The van der Waals surface area contributed by atoms with Gasteiger partial charge in [0.25, 0.3) is 5.69 Å². The van der Waals surface area contributed by atoms with Crippen LogP contribution in [0.3, 0.4) is 0 Å². The molecule has 1 aromatic heterocycles.